The lowest BCUT2D eigenvalue weighted by Gasteiger charge is -2.20. The summed E-state index contributed by atoms with van der Waals surface area (Å²) in [6.07, 6.45) is 0.698. The predicted octanol–water partition coefficient (Wildman–Crippen LogP) is 2.53. The van der Waals surface area contributed by atoms with Gasteiger partial charge in [-0.05, 0) is 31.4 Å². The highest BCUT2D eigenvalue weighted by Gasteiger charge is 2.26. The minimum Gasteiger partial charge on any atom is -0.480 e. The molecule has 2 atom stereocenters. The summed E-state index contributed by atoms with van der Waals surface area (Å²) in [5.41, 5.74) is 2.36. The summed E-state index contributed by atoms with van der Waals surface area (Å²) in [4.78, 5) is 23.4. The largest absolute Gasteiger partial charge is 0.480 e. The molecule has 4 nitrogen and oxygen atoms in total. The van der Waals surface area contributed by atoms with Crippen molar-refractivity contribution in [1.29, 1.82) is 0 Å². The van der Waals surface area contributed by atoms with Gasteiger partial charge in [0.2, 0.25) is 0 Å². The number of benzene rings is 1. The van der Waals surface area contributed by atoms with E-state index in [0.717, 1.165) is 11.1 Å². The van der Waals surface area contributed by atoms with E-state index in [1.54, 1.807) is 6.07 Å². The zero-order valence-electron chi connectivity index (χ0n) is 11.9. The molecule has 19 heavy (non-hydrogen) atoms. The van der Waals surface area contributed by atoms with Crippen molar-refractivity contribution in [3.63, 3.8) is 0 Å². The highest BCUT2D eigenvalue weighted by atomic mass is 16.4. The highest BCUT2D eigenvalue weighted by molar-refractivity contribution is 5.98. The van der Waals surface area contributed by atoms with Gasteiger partial charge in [-0.25, -0.2) is 4.79 Å². The average molecular weight is 263 g/mol. The molecule has 0 bridgehead atoms. The summed E-state index contributed by atoms with van der Waals surface area (Å²) >= 11 is 0. The Bertz CT molecular complexity index is 482. The van der Waals surface area contributed by atoms with Gasteiger partial charge >= 0.3 is 5.97 Å². The molecule has 4 heteroatoms. The number of amides is 1. The van der Waals surface area contributed by atoms with E-state index in [-0.39, 0.29) is 11.8 Å². The summed E-state index contributed by atoms with van der Waals surface area (Å²) in [7, 11) is 0. The number of carboxylic acid groups (broad SMARTS) is 1. The first-order valence-corrected chi connectivity index (χ1v) is 6.47. The molecule has 1 aromatic carbocycles. The van der Waals surface area contributed by atoms with Gasteiger partial charge in [-0.1, -0.05) is 38.0 Å². The number of carboxylic acids is 1. The number of hydrogen-bond donors (Lipinski definition) is 2. The topological polar surface area (TPSA) is 66.4 Å². The van der Waals surface area contributed by atoms with E-state index >= 15 is 0 Å². The molecule has 0 saturated carbocycles. The number of carbonyl (C=O) groups is 2. The summed E-state index contributed by atoms with van der Waals surface area (Å²) in [5, 5.41) is 11.8. The zero-order valence-corrected chi connectivity index (χ0v) is 11.9. The lowest BCUT2D eigenvalue weighted by atomic mass is 9.98. The molecule has 1 aromatic rings. The summed E-state index contributed by atoms with van der Waals surface area (Å²) in [6.45, 7) is 7.47. The number of nitrogens with one attached hydrogen (secondary N) is 1. The van der Waals surface area contributed by atoms with Crippen LogP contribution < -0.4 is 5.32 Å². The molecule has 2 N–H and O–H groups in total. The van der Waals surface area contributed by atoms with Crippen LogP contribution in [0, 0.1) is 19.8 Å². The second-order valence-electron chi connectivity index (χ2n) is 4.99. The Morgan fingerprint density at radius 1 is 1.32 bits per heavy atom. The number of rotatable bonds is 5. The monoisotopic (exact) mass is 263 g/mol. The molecular weight excluding hydrogens is 242 g/mol. The Labute approximate surface area is 113 Å². The van der Waals surface area contributed by atoms with Gasteiger partial charge in [-0.2, -0.15) is 0 Å². The first kappa shape index (κ1) is 15.2. The van der Waals surface area contributed by atoms with E-state index in [0.29, 0.717) is 12.0 Å². The Balaban J connectivity index is 2.94. The van der Waals surface area contributed by atoms with Crippen molar-refractivity contribution in [3.05, 3.63) is 34.9 Å². The lowest BCUT2D eigenvalue weighted by Crippen LogP contribution is -2.45. The van der Waals surface area contributed by atoms with Gasteiger partial charge in [-0.3, -0.25) is 4.79 Å². The minimum absolute atomic E-state index is 0.105. The normalized spacial score (nSPS) is 13.7. The fourth-order valence-electron chi connectivity index (χ4n) is 1.88. The van der Waals surface area contributed by atoms with Gasteiger partial charge in [-0.15, -0.1) is 0 Å². The Morgan fingerprint density at radius 3 is 2.47 bits per heavy atom. The quantitative estimate of drug-likeness (QED) is 0.858. The van der Waals surface area contributed by atoms with Gasteiger partial charge in [0, 0.05) is 5.56 Å². The first-order chi connectivity index (χ1) is 8.86. The third-order valence-corrected chi connectivity index (χ3v) is 3.40. The van der Waals surface area contributed by atoms with E-state index in [9.17, 15) is 14.7 Å². The van der Waals surface area contributed by atoms with Crippen molar-refractivity contribution >= 4 is 11.9 Å². The van der Waals surface area contributed by atoms with Crippen molar-refractivity contribution in [2.24, 2.45) is 5.92 Å². The van der Waals surface area contributed by atoms with Crippen molar-refractivity contribution in [2.45, 2.75) is 40.2 Å². The Morgan fingerprint density at radius 2 is 1.95 bits per heavy atom. The van der Waals surface area contributed by atoms with Crippen molar-refractivity contribution in [3.8, 4) is 0 Å². The van der Waals surface area contributed by atoms with Crippen LogP contribution in [0.25, 0.3) is 0 Å². The molecule has 0 saturated heterocycles. The molecule has 0 aliphatic heterocycles. The number of hydrogen-bond acceptors (Lipinski definition) is 2. The SMILES string of the molecule is CC[C@H](C)[C@H](NC(=O)c1cc(C)ccc1C)C(=O)O. The van der Waals surface area contributed by atoms with Crippen LogP contribution in [0.2, 0.25) is 0 Å². The second kappa shape index (κ2) is 6.36. The van der Waals surface area contributed by atoms with Crippen LogP contribution in [0.15, 0.2) is 18.2 Å². The van der Waals surface area contributed by atoms with E-state index in [4.69, 9.17) is 0 Å². The summed E-state index contributed by atoms with van der Waals surface area (Å²) < 4.78 is 0. The van der Waals surface area contributed by atoms with Crippen LogP contribution in [-0.4, -0.2) is 23.0 Å². The highest BCUT2D eigenvalue weighted by Crippen LogP contribution is 2.13. The molecule has 0 aliphatic carbocycles. The molecule has 0 fully saturated rings. The fourth-order valence-corrected chi connectivity index (χ4v) is 1.88. The van der Waals surface area contributed by atoms with Gasteiger partial charge in [0.15, 0.2) is 0 Å². The molecule has 1 amide bonds. The maximum Gasteiger partial charge on any atom is 0.326 e. The lowest BCUT2D eigenvalue weighted by molar-refractivity contribution is -0.140. The second-order valence-corrected chi connectivity index (χ2v) is 4.99. The van der Waals surface area contributed by atoms with Gasteiger partial charge in [0.25, 0.3) is 5.91 Å². The van der Waals surface area contributed by atoms with E-state index in [1.807, 2.05) is 39.8 Å². The molecule has 104 valence electrons. The van der Waals surface area contributed by atoms with Crippen molar-refractivity contribution in [2.75, 3.05) is 0 Å². The first-order valence-electron chi connectivity index (χ1n) is 6.47. The zero-order chi connectivity index (χ0) is 14.6. The number of aryl methyl sites for hydroxylation is 2. The van der Waals surface area contributed by atoms with Crippen LogP contribution in [0.5, 0.6) is 0 Å². The molecule has 0 unspecified atom stereocenters. The molecule has 0 spiro atoms. The molecule has 1 rings (SSSR count). The van der Waals surface area contributed by atoms with E-state index < -0.39 is 12.0 Å². The Kier molecular flexibility index (Phi) is 5.10. The van der Waals surface area contributed by atoms with Gasteiger partial charge in [0.05, 0.1) is 0 Å². The minimum atomic E-state index is -0.993. The number of carbonyl (C=O) groups excluding carboxylic acids is 1. The van der Waals surface area contributed by atoms with Gasteiger partial charge < -0.3 is 10.4 Å². The maximum absolute atomic E-state index is 12.2. The standard InChI is InChI=1S/C15H21NO3/c1-5-10(3)13(15(18)19)16-14(17)12-8-9(2)6-7-11(12)4/h6-8,10,13H,5H2,1-4H3,(H,16,17)(H,18,19)/t10-,13-/m0/s1. The smallest absolute Gasteiger partial charge is 0.326 e. The molecule has 0 radical (unpaired) electrons. The van der Waals surface area contributed by atoms with Crippen molar-refractivity contribution in [1.82, 2.24) is 5.32 Å². The van der Waals surface area contributed by atoms with E-state index in [2.05, 4.69) is 5.32 Å². The van der Waals surface area contributed by atoms with Crippen LogP contribution in [0.4, 0.5) is 0 Å². The summed E-state index contributed by atoms with van der Waals surface area (Å²) in [5.74, 6) is -1.42. The maximum atomic E-state index is 12.2. The van der Waals surface area contributed by atoms with Crippen LogP contribution in [0.3, 0.4) is 0 Å². The third kappa shape index (κ3) is 3.81. The third-order valence-electron chi connectivity index (χ3n) is 3.40. The number of aliphatic carboxylic acids is 1. The Hall–Kier alpha value is -1.84. The van der Waals surface area contributed by atoms with E-state index in [1.165, 1.54) is 0 Å². The van der Waals surface area contributed by atoms with Crippen LogP contribution in [0.1, 0.15) is 41.8 Å². The molecule has 0 heterocycles. The van der Waals surface area contributed by atoms with Crippen LogP contribution >= 0.6 is 0 Å². The predicted molar refractivity (Wildman–Crippen MR) is 74.3 cm³/mol. The molecule has 0 aliphatic rings. The van der Waals surface area contributed by atoms with Crippen LogP contribution in [-0.2, 0) is 4.79 Å². The summed E-state index contributed by atoms with van der Waals surface area (Å²) in [6, 6.07) is 4.72. The van der Waals surface area contributed by atoms with Crippen molar-refractivity contribution < 1.29 is 14.7 Å². The fraction of sp³-hybridized carbons (Fsp3) is 0.467. The van der Waals surface area contributed by atoms with Gasteiger partial charge in [0.1, 0.15) is 6.04 Å². The average Bonchev–Trinajstić information content (AvgIpc) is 2.37. The molecule has 0 aromatic heterocycles. The molecular formula is C15H21NO3.